The highest BCUT2D eigenvalue weighted by Crippen LogP contribution is 2.46. The third-order valence-corrected chi connectivity index (χ3v) is 12.8. The maximum atomic E-state index is 15.0. The van der Waals surface area contributed by atoms with E-state index in [1.165, 1.54) is 22.5 Å². The average molecular weight is 619 g/mol. The van der Waals surface area contributed by atoms with E-state index >= 15 is 8.42 Å². The number of aryl methyl sites for hydroxylation is 2. The normalized spacial score (nSPS) is 23.9. The molecule has 7 heteroatoms. The van der Waals surface area contributed by atoms with Gasteiger partial charge in [0.2, 0.25) is 9.84 Å². The van der Waals surface area contributed by atoms with Crippen molar-refractivity contribution in [2.45, 2.75) is 73.2 Å². The van der Waals surface area contributed by atoms with Gasteiger partial charge in [0, 0.05) is 46.4 Å². The van der Waals surface area contributed by atoms with Crippen LogP contribution in [0.1, 0.15) is 59.8 Å². The molecular formula is C38H42N4O2S. The van der Waals surface area contributed by atoms with Crippen LogP contribution in [0.2, 0.25) is 0 Å². The van der Waals surface area contributed by atoms with Crippen LogP contribution in [-0.4, -0.2) is 46.7 Å². The third kappa shape index (κ3) is 4.87. The lowest BCUT2D eigenvalue weighted by molar-refractivity contribution is 0.578. The molecule has 232 valence electrons. The standard InChI is InChI=1S/C38H42N4O2S/c1-23-5-3-7-27(25-9-11-33-31(21-25)29-13-17-39-19-15-35(29)41-33)37(23)45(43,44)38-24(2)6-4-8-28(38)26-10-12-34-32(22-26)30-14-18-40-20-16-36(30)42-34/h3-12,21-22,29-30,35-36,39-42H,13-20H2,1-2H3. The number of fused-ring (bicyclic) bond motifs is 6. The predicted octanol–water partition coefficient (Wildman–Crippen LogP) is 6.99. The van der Waals surface area contributed by atoms with Gasteiger partial charge in [-0.2, -0.15) is 0 Å². The van der Waals surface area contributed by atoms with E-state index in [9.17, 15) is 0 Å². The molecule has 4 N–H and O–H groups in total. The van der Waals surface area contributed by atoms with Crippen molar-refractivity contribution in [3.63, 3.8) is 0 Å². The van der Waals surface area contributed by atoms with Crippen molar-refractivity contribution in [3.05, 3.63) is 95.1 Å². The number of benzene rings is 4. The summed E-state index contributed by atoms with van der Waals surface area (Å²) in [5.41, 5.74) is 9.99. The maximum absolute atomic E-state index is 15.0. The van der Waals surface area contributed by atoms with Gasteiger partial charge in [-0.1, -0.05) is 48.5 Å². The van der Waals surface area contributed by atoms with Crippen molar-refractivity contribution in [3.8, 4) is 22.3 Å². The van der Waals surface area contributed by atoms with Gasteiger partial charge >= 0.3 is 0 Å². The first-order valence-electron chi connectivity index (χ1n) is 16.6. The van der Waals surface area contributed by atoms with Crippen LogP contribution < -0.4 is 21.3 Å². The predicted molar refractivity (Wildman–Crippen MR) is 183 cm³/mol. The fourth-order valence-corrected chi connectivity index (χ4v) is 10.6. The van der Waals surface area contributed by atoms with Crippen LogP contribution in [-0.2, 0) is 9.84 Å². The Kier molecular flexibility index (Phi) is 7.23. The summed E-state index contributed by atoms with van der Waals surface area (Å²) in [6.45, 7) is 7.91. The van der Waals surface area contributed by atoms with Crippen LogP contribution in [0.25, 0.3) is 22.3 Å². The van der Waals surface area contributed by atoms with Crippen LogP contribution in [0.4, 0.5) is 11.4 Å². The molecule has 0 bridgehead atoms. The number of hydrogen-bond acceptors (Lipinski definition) is 6. The molecule has 6 nitrogen and oxygen atoms in total. The highest BCUT2D eigenvalue weighted by Gasteiger charge is 2.36. The highest BCUT2D eigenvalue weighted by atomic mass is 32.2. The average Bonchev–Trinajstić information content (AvgIpc) is 3.32. The van der Waals surface area contributed by atoms with E-state index in [-0.39, 0.29) is 0 Å². The number of anilines is 2. The molecule has 4 aromatic carbocycles. The second-order valence-electron chi connectivity index (χ2n) is 13.4. The Morgan fingerprint density at radius 1 is 0.578 bits per heavy atom. The van der Waals surface area contributed by atoms with Gasteiger partial charge in [-0.05, 0) is 123 Å². The summed E-state index contributed by atoms with van der Waals surface area (Å²) in [5, 5.41) is 14.6. The van der Waals surface area contributed by atoms with E-state index < -0.39 is 9.84 Å². The maximum Gasteiger partial charge on any atom is 0.208 e. The van der Waals surface area contributed by atoms with Gasteiger partial charge in [0.05, 0.1) is 9.79 Å². The molecule has 0 amide bonds. The van der Waals surface area contributed by atoms with E-state index in [4.69, 9.17) is 0 Å². The van der Waals surface area contributed by atoms with Crippen molar-refractivity contribution in [2.24, 2.45) is 0 Å². The van der Waals surface area contributed by atoms with Crippen molar-refractivity contribution in [1.29, 1.82) is 0 Å². The number of nitrogens with one attached hydrogen (secondary N) is 4. The van der Waals surface area contributed by atoms with Crippen molar-refractivity contribution in [1.82, 2.24) is 10.6 Å². The van der Waals surface area contributed by atoms with E-state index in [2.05, 4.69) is 57.7 Å². The highest BCUT2D eigenvalue weighted by molar-refractivity contribution is 7.92. The Morgan fingerprint density at radius 2 is 1.02 bits per heavy atom. The quantitative estimate of drug-likeness (QED) is 0.197. The molecule has 4 aromatic rings. The van der Waals surface area contributed by atoms with Gasteiger partial charge in [-0.3, -0.25) is 0 Å². The zero-order chi connectivity index (χ0) is 30.7. The zero-order valence-electron chi connectivity index (χ0n) is 26.1. The first-order chi connectivity index (χ1) is 21.9. The second kappa shape index (κ2) is 11.3. The van der Waals surface area contributed by atoms with Gasteiger partial charge in [0.15, 0.2) is 0 Å². The summed E-state index contributed by atoms with van der Waals surface area (Å²) in [6, 6.07) is 25.6. The molecule has 4 aliphatic heterocycles. The molecule has 0 aromatic heterocycles. The van der Waals surface area contributed by atoms with E-state index in [1.807, 2.05) is 50.2 Å². The SMILES string of the molecule is Cc1cccc(-c2ccc3c(c2)C2CCNCCC2N3)c1S(=O)(=O)c1c(C)cccc1-c1ccc2c(c1)C1CCNCCC1N2. The largest absolute Gasteiger partial charge is 0.381 e. The Labute approximate surface area is 267 Å². The smallest absolute Gasteiger partial charge is 0.208 e. The monoisotopic (exact) mass is 618 g/mol. The first-order valence-corrected chi connectivity index (χ1v) is 18.1. The summed E-state index contributed by atoms with van der Waals surface area (Å²) in [7, 11) is -3.90. The minimum atomic E-state index is -3.90. The van der Waals surface area contributed by atoms with Crippen LogP contribution in [0.5, 0.6) is 0 Å². The second-order valence-corrected chi connectivity index (χ2v) is 15.2. The first kappa shape index (κ1) is 28.8. The number of rotatable bonds is 4. The molecule has 4 heterocycles. The lowest BCUT2D eigenvalue weighted by Crippen LogP contribution is -2.21. The fraction of sp³-hybridized carbons (Fsp3) is 0.368. The Balaban J connectivity index is 1.24. The zero-order valence-corrected chi connectivity index (χ0v) is 26.9. The molecule has 4 atom stereocenters. The van der Waals surface area contributed by atoms with Crippen molar-refractivity contribution >= 4 is 21.2 Å². The molecule has 2 fully saturated rings. The van der Waals surface area contributed by atoms with Gasteiger partial charge in [-0.15, -0.1) is 0 Å². The van der Waals surface area contributed by atoms with E-state index in [1.54, 1.807) is 0 Å². The number of hydrogen-bond donors (Lipinski definition) is 4. The molecule has 4 aliphatic rings. The van der Waals surface area contributed by atoms with Gasteiger partial charge in [-0.25, -0.2) is 8.42 Å². The van der Waals surface area contributed by atoms with Gasteiger partial charge in [0.1, 0.15) is 0 Å². The Hall–Kier alpha value is -3.65. The van der Waals surface area contributed by atoms with Crippen molar-refractivity contribution < 1.29 is 8.42 Å². The molecule has 0 spiro atoms. The lowest BCUT2D eigenvalue weighted by Gasteiger charge is -2.20. The van der Waals surface area contributed by atoms with Crippen LogP contribution in [0, 0.1) is 13.8 Å². The van der Waals surface area contributed by atoms with E-state index in [0.717, 1.165) is 85.2 Å². The molecule has 0 saturated carbocycles. The van der Waals surface area contributed by atoms with E-state index in [0.29, 0.717) is 33.7 Å². The van der Waals surface area contributed by atoms with Gasteiger partial charge < -0.3 is 21.3 Å². The van der Waals surface area contributed by atoms with Crippen LogP contribution in [0.15, 0.2) is 82.6 Å². The minimum Gasteiger partial charge on any atom is -0.381 e. The Morgan fingerprint density at radius 3 is 1.49 bits per heavy atom. The molecular weight excluding hydrogens is 577 g/mol. The summed E-state index contributed by atoms with van der Waals surface area (Å²) < 4.78 is 30.1. The van der Waals surface area contributed by atoms with Crippen LogP contribution in [0.3, 0.4) is 0 Å². The fourth-order valence-electron chi connectivity index (χ4n) is 8.49. The van der Waals surface area contributed by atoms with Crippen molar-refractivity contribution in [2.75, 3.05) is 36.8 Å². The summed E-state index contributed by atoms with van der Waals surface area (Å²) in [5.74, 6) is 0.863. The Bertz CT molecular complexity index is 1770. The van der Waals surface area contributed by atoms with Crippen LogP contribution >= 0.6 is 0 Å². The lowest BCUT2D eigenvalue weighted by atomic mass is 9.89. The molecule has 8 rings (SSSR count). The molecule has 2 saturated heterocycles. The summed E-state index contributed by atoms with van der Waals surface area (Å²) in [6.07, 6.45) is 4.33. The molecule has 4 unspecified atom stereocenters. The minimum absolute atomic E-state index is 0.406. The topological polar surface area (TPSA) is 82.3 Å². The molecule has 0 radical (unpaired) electrons. The summed E-state index contributed by atoms with van der Waals surface area (Å²) in [4.78, 5) is 0.812. The molecule has 0 aliphatic carbocycles. The summed E-state index contributed by atoms with van der Waals surface area (Å²) >= 11 is 0. The number of sulfone groups is 1. The van der Waals surface area contributed by atoms with Gasteiger partial charge in [0.25, 0.3) is 0 Å². The third-order valence-electron chi connectivity index (χ3n) is 10.7. The molecule has 45 heavy (non-hydrogen) atoms.